The zero-order chi connectivity index (χ0) is 40.7. The Labute approximate surface area is 358 Å². The molecule has 0 unspecified atom stereocenters. The first-order chi connectivity index (χ1) is 30.1. The van der Waals surface area contributed by atoms with E-state index in [0.717, 1.165) is 29.0 Å². The smallest absolute Gasteiger partial charge is 0.0541 e. The summed E-state index contributed by atoms with van der Waals surface area (Å²) in [6, 6.07) is 72.8. The molecule has 2 heteroatoms. The lowest BCUT2D eigenvalue weighted by atomic mass is 9.85. The van der Waals surface area contributed by atoms with Crippen molar-refractivity contribution in [3.05, 3.63) is 224 Å². The normalized spacial score (nSPS) is 13.9. The first-order valence-corrected chi connectivity index (χ1v) is 21.3. The maximum Gasteiger partial charge on any atom is 0.0541 e. The van der Waals surface area contributed by atoms with Crippen molar-refractivity contribution in [3.8, 4) is 66.8 Å². The van der Waals surface area contributed by atoms with Crippen LogP contribution >= 0.6 is 0 Å². The molecule has 61 heavy (non-hydrogen) atoms. The predicted octanol–water partition coefficient (Wildman–Crippen LogP) is 16.6. The summed E-state index contributed by atoms with van der Waals surface area (Å²) in [6.45, 7) is 2.31. The Morgan fingerprint density at radius 1 is 0.426 bits per heavy atom. The van der Waals surface area contributed by atoms with Gasteiger partial charge < -0.3 is 10.6 Å². The minimum Gasteiger partial charge on any atom is -0.355 e. The van der Waals surface area contributed by atoms with E-state index < -0.39 is 0 Å². The molecule has 1 heterocycles. The van der Waals surface area contributed by atoms with E-state index in [1.807, 2.05) is 0 Å². The highest BCUT2D eigenvalue weighted by molar-refractivity contribution is 6.06. The molecule has 2 N–H and O–H groups in total. The molecule has 290 valence electrons. The van der Waals surface area contributed by atoms with Crippen LogP contribution in [0.4, 0.5) is 22.7 Å². The van der Waals surface area contributed by atoms with Crippen LogP contribution in [0.25, 0.3) is 83.1 Å². The van der Waals surface area contributed by atoms with Crippen LogP contribution in [0.1, 0.15) is 18.9 Å². The van der Waals surface area contributed by atoms with E-state index in [-0.39, 0.29) is 0 Å². The van der Waals surface area contributed by atoms with Crippen LogP contribution in [0.2, 0.25) is 0 Å². The van der Waals surface area contributed by atoms with Gasteiger partial charge in [-0.2, -0.15) is 0 Å². The van der Waals surface area contributed by atoms with Gasteiger partial charge >= 0.3 is 0 Å². The monoisotopic (exact) mass is 780 g/mol. The van der Waals surface area contributed by atoms with Crippen LogP contribution in [0.5, 0.6) is 0 Å². The second kappa shape index (κ2) is 15.5. The number of anilines is 4. The van der Waals surface area contributed by atoms with E-state index in [2.05, 4.69) is 236 Å². The van der Waals surface area contributed by atoms with Gasteiger partial charge in [-0.25, -0.2) is 0 Å². The first kappa shape index (κ1) is 36.4. The molecule has 1 aliphatic carbocycles. The predicted molar refractivity (Wildman–Crippen MR) is 260 cm³/mol. The van der Waals surface area contributed by atoms with Gasteiger partial charge in [0, 0.05) is 39.3 Å². The maximum atomic E-state index is 4.02. The second-order valence-electron chi connectivity index (χ2n) is 16.4. The Kier molecular flexibility index (Phi) is 9.24. The van der Waals surface area contributed by atoms with Crippen molar-refractivity contribution >= 4 is 39.1 Å². The lowest BCUT2D eigenvalue weighted by Crippen LogP contribution is -2.03. The first-order valence-electron chi connectivity index (χ1n) is 21.3. The van der Waals surface area contributed by atoms with Crippen molar-refractivity contribution in [2.75, 3.05) is 10.6 Å². The maximum absolute atomic E-state index is 4.02. The average molecular weight is 781 g/mol. The largest absolute Gasteiger partial charge is 0.355 e. The molecule has 2 aliphatic rings. The third kappa shape index (κ3) is 7.03. The molecule has 1 atom stereocenters. The molecule has 1 aliphatic heterocycles. The number of nitrogens with one attached hydrogen (secondary N) is 2. The summed E-state index contributed by atoms with van der Waals surface area (Å²) in [7, 11) is 0. The standard InChI is InChI=1S/C59H44N2/c1-39-13-11-19-47(33-39)54-36-49(37-56-53-23-8-7-22-52(53)55-35-45-16-5-6-17-46(45)38-58(55)61-59(54)56)44-18-12-20-48(34-44)51-21-9-10-24-57(51)60-50-31-29-43(30-32-50)42-27-25-41(26-28-42)40-14-3-2-4-15-40/h2-32,34-39,60-61H,33H2,1H3/t39-/m1/s1. The van der Waals surface area contributed by atoms with Crippen molar-refractivity contribution in [2.24, 2.45) is 5.92 Å². The number of benzene rings is 9. The minimum absolute atomic E-state index is 0.462. The average Bonchev–Trinajstić information content (AvgIpc) is 3.45. The summed E-state index contributed by atoms with van der Waals surface area (Å²) in [5, 5.41) is 10.2. The van der Waals surface area contributed by atoms with Crippen LogP contribution in [-0.2, 0) is 0 Å². The van der Waals surface area contributed by atoms with E-state index >= 15 is 0 Å². The summed E-state index contributed by atoms with van der Waals surface area (Å²) in [6.07, 6.45) is 7.84. The molecule has 0 saturated heterocycles. The highest BCUT2D eigenvalue weighted by Crippen LogP contribution is 2.50. The van der Waals surface area contributed by atoms with Crippen LogP contribution in [0.15, 0.2) is 218 Å². The zero-order valence-electron chi connectivity index (χ0n) is 34.1. The van der Waals surface area contributed by atoms with Crippen LogP contribution in [-0.4, -0.2) is 0 Å². The van der Waals surface area contributed by atoms with E-state index in [9.17, 15) is 0 Å². The minimum atomic E-state index is 0.462. The number of fused-ring (bicyclic) bond motifs is 6. The van der Waals surface area contributed by atoms with Gasteiger partial charge in [0.1, 0.15) is 0 Å². The molecule has 0 spiro atoms. The molecule has 0 bridgehead atoms. The third-order valence-corrected chi connectivity index (χ3v) is 12.3. The van der Waals surface area contributed by atoms with Gasteiger partial charge in [0.2, 0.25) is 0 Å². The van der Waals surface area contributed by atoms with Crippen molar-refractivity contribution in [3.63, 3.8) is 0 Å². The molecule has 9 aromatic rings. The highest BCUT2D eigenvalue weighted by atomic mass is 14.9. The molecule has 0 radical (unpaired) electrons. The number of rotatable bonds is 7. The SMILES string of the molecule is C[C@@H]1C=CC=C(c2cc(-c3cccc(-c4ccccc4Nc4ccc(-c5ccc(-c6ccccc6)cc5)cc4)c3)cc3c2Nc2cc4ccccc4cc2-c2ccccc2-3)C1. The summed E-state index contributed by atoms with van der Waals surface area (Å²) >= 11 is 0. The van der Waals surface area contributed by atoms with Gasteiger partial charge in [-0.1, -0.05) is 177 Å². The fourth-order valence-corrected chi connectivity index (χ4v) is 9.20. The number of hydrogen-bond acceptors (Lipinski definition) is 2. The van der Waals surface area contributed by atoms with Crippen molar-refractivity contribution < 1.29 is 0 Å². The van der Waals surface area contributed by atoms with E-state index in [0.29, 0.717) is 5.92 Å². The Hall–Kier alpha value is -7.68. The van der Waals surface area contributed by atoms with Crippen LogP contribution < -0.4 is 10.6 Å². The Bertz CT molecular complexity index is 3150. The van der Waals surface area contributed by atoms with Gasteiger partial charge in [-0.3, -0.25) is 0 Å². The topological polar surface area (TPSA) is 24.1 Å². The molecule has 9 aromatic carbocycles. The van der Waals surface area contributed by atoms with Gasteiger partial charge in [0.15, 0.2) is 0 Å². The number of para-hydroxylation sites is 1. The van der Waals surface area contributed by atoms with E-state index in [1.165, 1.54) is 88.8 Å². The number of allylic oxidation sites excluding steroid dienone is 4. The molecule has 0 aromatic heterocycles. The summed E-state index contributed by atoms with van der Waals surface area (Å²) in [5.41, 5.74) is 21.5. The van der Waals surface area contributed by atoms with E-state index in [4.69, 9.17) is 0 Å². The zero-order valence-corrected chi connectivity index (χ0v) is 34.1. The lowest BCUT2D eigenvalue weighted by molar-refractivity contribution is 0.749. The van der Waals surface area contributed by atoms with Crippen LogP contribution in [0.3, 0.4) is 0 Å². The Balaban J connectivity index is 0.956. The summed E-state index contributed by atoms with van der Waals surface area (Å²) in [4.78, 5) is 0. The third-order valence-electron chi connectivity index (χ3n) is 12.3. The van der Waals surface area contributed by atoms with Crippen molar-refractivity contribution in [1.82, 2.24) is 0 Å². The molecule has 0 amide bonds. The Morgan fingerprint density at radius 3 is 1.74 bits per heavy atom. The van der Waals surface area contributed by atoms with Crippen LogP contribution in [0, 0.1) is 5.92 Å². The molecule has 2 nitrogen and oxygen atoms in total. The summed E-state index contributed by atoms with van der Waals surface area (Å²) < 4.78 is 0. The van der Waals surface area contributed by atoms with Crippen molar-refractivity contribution in [1.29, 1.82) is 0 Å². The molecule has 0 saturated carbocycles. The molecular weight excluding hydrogens is 737 g/mol. The summed E-state index contributed by atoms with van der Waals surface area (Å²) in [5.74, 6) is 0.462. The van der Waals surface area contributed by atoms with Gasteiger partial charge in [0.25, 0.3) is 0 Å². The van der Waals surface area contributed by atoms with Gasteiger partial charge in [-0.05, 0) is 127 Å². The fourth-order valence-electron chi connectivity index (χ4n) is 9.20. The van der Waals surface area contributed by atoms with Gasteiger partial charge in [0.05, 0.1) is 5.69 Å². The number of hydrogen-bond donors (Lipinski definition) is 2. The lowest BCUT2D eigenvalue weighted by Gasteiger charge is -2.22. The molecular formula is C59H44N2. The molecule has 0 fully saturated rings. The van der Waals surface area contributed by atoms with Crippen molar-refractivity contribution in [2.45, 2.75) is 13.3 Å². The van der Waals surface area contributed by atoms with E-state index in [1.54, 1.807) is 0 Å². The highest BCUT2D eigenvalue weighted by Gasteiger charge is 2.25. The molecule has 11 rings (SSSR count). The van der Waals surface area contributed by atoms with Gasteiger partial charge in [-0.15, -0.1) is 0 Å². The Morgan fingerprint density at radius 2 is 1.00 bits per heavy atom. The fraction of sp³-hybridized carbons (Fsp3) is 0.0508. The second-order valence-corrected chi connectivity index (χ2v) is 16.4. The quantitative estimate of drug-likeness (QED) is 0.168.